The first-order valence-corrected chi connectivity index (χ1v) is 11.1. The van der Waals surface area contributed by atoms with Crippen LogP contribution in [0, 0.1) is 11.3 Å². The lowest BCUT2D eigenvalue weighted by atomic mass is 9.73. The second-order valence-corrected chi connectivity index (χ2v) is 9.65. The number of alkyl halides is 3. The molecular weight excluding hydrogens is 393 g/mol. The SMILES string of the molecule is CC1C2Cc3ccc(C(F)(F)F)cc3CN2C(=O)[C@]12CC[C@@H](NC1CCCOC1)C2. The van der Waals surface area contributed by atoms with Crippen molar-refractivity contribution in [2.24, 2.45) is 11.3 Å². The van der Waals surface area contributed by atoms with Gasteiger partial charge in [0.1, 0.15) is 0 Å². The molecule has 0 aromatic heterocycles. The van der Waals surface area contributed by atoms with Gasteiger partial charge in [0.25, 0.3) is 0 Å². The third-order valence-electron chi connectivity index (χ3n) is 8.02. The second-order valence-electron chi connectivity index (χ2n) is 9.65. The minimum absolute atomic E-state index is 0.0819. The first kappa shape index (κ1) is 20.3. The van der Waals surface area contributed by atoms with Crippen molar-refractivity contribution in [2.45, 2.75) is 76.3 Å². The Kier molecular flexibility index (Phi) is 4.89. The Morgan fingerprint density at radius 2 is 2.03 bits per heavy atom. The smallest absolute Gasteiger partial charge is 0.380 e. The summed E-state index contributed by atoms with van der Waals surface area (Å²) in [6, 6.07) is 4.77. The van der Waals surface area contributed by atoms with Crippen molar-refractivity contribution in [1.29, 1.82) is 0 Å². The number of carbonyl (C=O) groups excluding carboxylic acids is 1. The highest BCUT2D eigenvalue weighted by molar-refractivity contribution is 5.87. The lowest BCUT2D eigenvalue weighted by Gasteiger charge is -2.33. The van der Waals surface area contributed by atoms with E-state index in [9.17, 15) is 18.0 Å². The molecule has 30 heavy (non-hydrogen) atoms. The molecule has 5 rings (SSSR count). The van der Waals surface area contributed by atoms with Gasteiger partial charge in [0.2, 0.25) is 5.91 Å². The zero-order valence-corrected chi connectivity index (χ0v) is 17.3. The maximum absolute atomic E-state index is 13.6. The standard InChI is InChI=1S/C23H29F3N2O2/c1-14-20-10-15-4-5-17(23(24,25)26)9-16(15)12-28(20)21(29)22(14)7-6-18(11-22)27-19-3-2-8-30-13-19/h4-5,9,14,18-20,27H,2-3,6-8,10-13H2,1H3/t14?,18-,19?,20?,22+/m1/s1. The zero-order chi connectivity index (χ0) is 21.1. The number of carbonyl (C=O) groups is 1. The topological polar surface area (TPSA) is 41.6 Å². The fourth-order valence-electron chi connectivity index (χ4n) is 6.33. The van der Waals surface area contributed by atoms with Crippen molar-refractivity contribution < 1.29 is 22.7 Å². The number of hydrogen-bond acceptors (Lipinski definition) is 3. The first-order valence-electron chi connectivity index (χ1n) is 11.1. The van der Waals surface area contributed by atoms with Crippen LogP contribution >= 0.6 is 0 Å². The Balaban J connectivity index is 1.34. The molecule has 0 bridgehead atoms. The molecule has 4 aliphatic rings. The van der Waals surface area contributed by atoms with E-state index in [2.05, 4.69) is 12.2 Å². The maximum atomic E-state index is 13.6. The zero-order valence-electron chi connectivity index (χ0n) is 17.3. The highest BCUT2D eigenvalue weighted by Gasteiger charge is 2.60. The number of benzene rings is 1. The average Bonchev–Trinajstić information content (AvgIpc) is 3.23. The summed E-state index contributed by atoms with van der Waals surface area (Å²) in [6.45, 7) is 4.03. The van der Waals surface area contributed by atoms with Crippen molar-refractivity contribution in [3.05, 3.63) is 34.9 Å². The molecular formula is C23H29F3N2O2. The van der Waals surface area contributed by atoms with Crippen molar-refractivity contribution in [3.8, 4) is 0 Å². The van der Waals surface area contributed by atoms with E-state index < -0.39 is 11.7 Å². The van der Waals surface area contributed by atoms with Crippen molar-refractivity contribution in [1.82, 2.24) is 10.2 Å². The van der Waals surface area contributed by atoms with Crippen LogP contribution in [0.4, 0.5) is 13.2 Å². The molecule has 1 spiro atoms. The first-order chi connectivity index (χ1) is 14.3. The molecule has 1 amide bonds. The minimum Gasteiger partial charge on any atom is -0.380 e. The summed E-state index contributed by atoms with van der Waals surface area (Å²) in [7, 11) is 0. The van der Waals surface area contributed by atoms with Crippen LogP contribution < -0.4 is 5.32 Å². The van der Waals surface area contributed by atoms with Gasteiger partial charge in [0, 0.05) is 31.3 Å². The molecule has 3 fully saturated rings. The van der Waals surface area contributed by atoms with Crippen LogP contribution in [0.25, 0.3) is 0 Å². The van der Waals surface area contributed by atoms with Gasteiger partial charge in [-0.3, -0.25) is 4.79 Å². The predicted octanol–water partition coefficient (Wildman–Crippen LogP) is 3.92. The van der Waals surface area contributed by atoms with E-state index in [-0.39, 0.29) is 23.3 Å². The Labute approximate surface area is 175 Å². The van der Waals surface area contributed by atoms with E-state index in [1.807, 2.05) is 4.90 Å². The average molecular weight is 422 g/mol. The van der Waals surface area contributed by atoms with Gasteiger partial charge < -0.3 is 15.0 Å². The van der Waals surface area contributed by atoms with Crippen LogP contribution in [0.15, 0.2) is 18.2 Å². The lowest BCUT2D eigenvalue weighted by Crippen LogP contribution is -2.43. The van der Waals surface area contributed by atoms with Crippen LogP contribution in [0.5, 0.6) is 0 Å². The summed E-state index contributed by atoms with van der Waals surface area (Å²) in [6.07, 6.45) is 1.12. The second kappa shape index (κ2) is 7.23. The van der Waals surface area contributed by atoms with E-state index in [0.29, 0.717) is 30.6 Å². The summed E-state index contributed by atoms with van der Waals surface area (Å²) in [5, 5.41) is 3.71. The van der Waals surface area contributed by atoms with Crippen molar-refractivity contribution >= 4 is 5.91 Å². The van der Waals surface area contributed by atoms with Gasteiger partial charge in [-0.2, -0.15) is 13.2 Å². The number of amides is 1. The van der Waals surface area contributed by atoms with E-state index in [1.54, 1.807) is 6.07 Å². The molecule has 4 nitrogen and oxygen atoms in total. The highest BCUT2D eigenvalue weighted by Crippen LogP contribution is 2.54. The molecule has 7 heteroatoms. The Morgan fingerprint density at radius 3 is 2.77 bits per heavy atom. The van der Waals surface area contributed by atoms with E-state index in [0.717, 1.165) is 50.9 Å². The number of fused-ring (bicyclic) bond motifs is 2. The van der Waals surface area contributed by atoms with Gasteiger partial charge in [-0.15, -0.1) is 0 Å². The van der Waals surface area contributed by atoms with Gasteiger partial charge in [0.15, 0.2) is 0 Å². The van der Waals surface area contributed by atoms with Gasteiger partial charge in [-0.25, -0.2) is 0 Å². The van der Waals surface area contributed by atoms with E-state index in [4.69, 9.17) is 4.74 Å². The quantitative estimate of drug-likeness (QED) is 0.786. The fourth-order valence-corrected chi connectivity index (χ4v) is 6.33. The molecule has 1 aliphatic carbocycles. The van der Waals surface area contributed by atoms with Crippen molar-refractivity contribution in [3.63, 3.8) is 0 Å². The number of rotatable bonds is 2. The van der Waals surface area contributed by atoms with Crippen LogP contribution in [0.3, 0.4) is 0 Å². The largest absolute Gasteiger partial charge is 0.416 e. The van der Waals surface area contributed by atoms with E-state index >= 15 is 0 Å². The van der Waals surface area contributed by atoms with E-state index in [1.165, 1.54) is 12.1 Å². The molecule has 1 N–H and O–H groups in total. The highest BCUT2D eigenvalue weighted by atomic mass is 19.4. The molecule has 1 aromatic carbocycles. The van der Waals surface area contributed by atoms with Gasteiger partial charge >= 0.3 is 6.18 Å². The molecule has 5 atom stereocenters. The molecule has 1 saturated carbocycles. The third kappa shape index (κ3) is 3.25. The summed E-state index contributed by atoms with van der Waals surface area (Å²) in [5.41, 5.74) is 0.583. The summed E-state index contributed by atoms with van der Waals surface area (Å²) < 4.78 is 45.0. The van der Waals surface area contributed by atoms with Gasteiger partial charge in [-0.1, -0.05) is 13.0 Å². The monoisotopic (exact) mass is 422 g/mol. The minimum atomic E-state index is -4.36. The predicted molar refractivity (Wildman–Crippen MR) is 106 cm³/mol. The Bertz CT molecular complexity index is 836. The fraction of sp³-hybridized carbons (Fsp3) is 0.696. The molecule has 3 unspecified atom stereocenters. The molecule has 0 radical (unpaired) electrons. The number of nitrogens with zero attached hydrogens (tertiary/aromatic N) is 1. The number of halogens is 3. The summed E-state index contributed by atoms with van der Waals surface area (Å²) >= 11 is 0. The molecule has 1 aromatic rings. The van der Waals surface area contributed by atoms with Crippen molar-refractivity contribution in [2.75, 3.05) is 13.2 Å². The number of ether oxygens (including phenoxy) is 1. The summed E-state index contributed by atoms with van der Waals surface area (Å²) in [4.78, 5) is 15.4. The molecule has 3 aliphatic heterocycles. The molecule has 3 heterocycles. The van der Waals surface area contributed by atoms with Gasteiger partial charge in [0.05, 0.1) is 17.6 Å². The third-order valence-corrected chi connectivity index (χ3v) is 8.02. The molecule has 2 saturated heterocycles. The van der Waals surface area contributed by atoms with Crippen LogP contribution in [-0.4, -0.2) is 42.1 Å². The lowest BCUT2D eigenvalue weighted by molar-refractivity contribution is -0.137. The summed E-state index contributed by atoms with van der Waals surface area (Å²) in [5.74, 6) is 0.349. The number of nitrogens with one attached hydrogen (secondary N) is 1. The molecule has 164 valence electrons. The Morgan fingerprint density at radius 1 is 1.20 bits per heavy atom. The van der Waals surface area contributed by atoms with Crippen LogP contribution in [0.1, 0.15) is 55.7 Å². The maximum Gasteiger partial charge on any atom is 0.416 e. The number of hydrogen-bond donors (Lipinski definition) is 1. The van der Waals surface area contributed by atoms with Crippen LogP contribution in [0.2, 0.25) is 0 Å². The normalized spacial score (nSPS) is 36.3. The Hall–Kier alpha value is -1.60. The van der Waals surface area contributed by atoms with Crippen LogP contribution in [-0.2, 0) is 28.7 Å². The van der Waals surface area contributed by atoms with Gasteiger partial charge in [-0.05, 0) is 67.7 Å².